The van der Waals surface area contributed by atoms with Gasteiger partial charge in [0.2, 0.25) is 0 Å². The molecule has 0 saturated carbocycles. The Labute approximate surface area is 96.3 Å². The lowest BCUT2D eigenvalue weighted by atomic mass is 10.0. The van der Waals surface area contributed by atoms with Crippen molar-refractivity contribution in [2.45, 2.75) is 23.0 Å². The van der Waals surface area contributed by atoms with Gasteiger partial charge >= 0.3 is 11.9 Å². The summed E-state index contributed by atoms with van der Waals surface area (Å²) < 4.78 is 0. The van der Waals surface area contributed by atoms with E-state index in [1.165, 1.54) is 17.8 Å². The first-order valence-electron chi connectivity index (χ1n) is 4.83. The van der Waals surface area contributed by atoms with E-state index in [1.807, 2.05) is 0 Å². The Hall–Kier alpha value is -1.49. The zero-order valence-electron chi connectivity index (χ0n) is 8.34. The second-order valence-corrected chi connectivity index (χ2v) is 4.86. The van der Waals surface area contributed by atoms with Crippen LogP contribution in [0.2, 0.25) is 0 Å². The van der Waals surface area contributed by atoms with Crippen LogP contribution in [-0.4, -0.2) is 27.4 Å². The number of aromatic carboxylic acids is 1. The normalized spacial score (nSPS) is 18.9. The lowest BCUT2D eigenvalue weighted by Gasteiger charge is -2.20. The Balaban J connectivity index is 2.29. The molecule has 0 fully saturated rings. The Bertz CT molecular complexity index is 455. The number of thioether (sulfide) groups is 1. The molecule has 0 bridgehead atoms. The third-order valence-corrected chi connectivity index (χ3v) is 3.90. The van der Waals surface area contributed by atoms with Crippen LogP contribution < -0.4 is 0 Å². The van der Waals surface area contributed by atoms with Crippen LogP contribution in [0, 0.1) is 0 Å². The number of aliphatic carboxylic acids is 1. The van der Waals surface area contributed by atoms with Crippen molar-refractivity contribution < 1.29 is 19.8 Å². The van der Waals surface area contributed by atoms with Gasteiger partial charge in [-0.25, -0.2) is 4.79 Å². The van der Waals surface area contributed by atoms with Gasteiger partial charge in [-0.2, -0.15) is 0 Å². The molecule has 0 aliphatic carbocycles. The Morgan fingerprint density at radius 2 is 2.06 bits per heavy atom. The summed E-state index contributed by atoms with van der Waals surface area (Å²) in [5, 5.41) is 17.3. The fraction of sp³-hybridized carbons (Fsp3) is 0.273. The fourth-order valence-corrected chi connectivity index (χ4v) is 2.80. The molecule has 2 N–H and O–H groups in total. The highest BCUT2D eigenvalue weighted by atomic mass is 32.2. The maximum atomic E-state index is 10.8. The SMILES string of the molecule is O=C(O)c1ccc2c(c1)CCC(C(=O)O)S2. The van der Waals surface area contributed by atoms with Crippen molar-refractivity contribution in [3.8, 4) is 0 Å². The number of carbonyl (C=O) groups is 2. The zero-order chi connectivity index (χ0) is 11.7. The number of fused-ring (bicyclic) bond motifs is 1. The highest BCUT2D eigenvalue weighted by Gasteiger charge is 2.25. The molecule has 84 valence electrons. The first-order chi connectivity index (χ1) is 7.58. The molecule has 1 aliphatic heterocycles. The number of benzene rings is 1. The molecule has 1 unspecified atom stereocenters. The number of hydrogen-bond acceptors (Lipinski definition) is 3. The van der Waals surface area contributed by atoms with Crippen LogP contribution in [0.15, 0.2) is 23.1 Å². The lowest BCUT2D eigenvalue weighted by molar-refractivity contribution is -0.136. The summed E-state index contributed by atoms with van der Waals surface area (Å²) in [6, 6.07) is 4.83. The van der Waals surface area contributed by atoms with E-state index in [2.05, 4.69) is 0 Å². The first-order valence-corrected chi connectivity index (χ1v) is 5.71. The Kier molecular flexibility index (Phi) is 2.87. The van der Waals surface area contributed by atoms with Gasteiger partial charge in [0.1, 0.15) is 5.25 Å². The minimum Gasteiger partial charge on any atom is -0.480 e. The van der Waals surface area contributed by atoms with E-state index in [9.17, 15) is 9.59 Å². The molecule has 1 aromatic carbocycles. The van der Waals surface area contributed by atoms with E-state index in [-0.39, 0.29) is 5.56 Å². The molecule has 1 heterocycles. The van der Waals surface area contributed by atoms with Crippen molar-refractivity contribution in [2.75, 3.05) is 0 Å². The molecule has 1 aromatic rings. The van der Waals surface area contributed by atoms with E-state index in [0.717, 1.165) is 10.5 Å². The number of aryl methyl sites for hydroxylation is 1. The average Bonchev–Trinajstić information content (AvgIpc) is 2.27. The molecule has 1 aliphatic rings. The van der Waals surface area contributed by atoms with Gasteiger partial charge in [0.25, 0.3) is 0 Å². The van der Waals surface area contributed by atoms with E-state index in [0.29, 0.717) is 12.8 Å². The summed E-state index contributed by atoms with van der Waals surface area (Å²) >= 11 is 1.29. The molecule has 0 radical (unpaired) electrons. The molecule has 16 heavy (non-hydrogen) atoms. The van der Waals surface area contributed by atoms with Gasteiger partial charge in [-0.15, -0.1) is 11.8 Å². The fourth-order valence-electron chi connectivity index (χ4n) is 1.70. The number of carboxylic acid groups (broad SMARTS) is 2. The summed E-state index contributed by atoms with van der Waals surface area (Å²) in [5.41, 5.74) is 1.19. The van der Waals surface area contributed by atoms with Crippen LogP contribution in [0.4, 0.5) is 0 Å². The third kappa shape index (κ3) is 2.04. The second kappa shape index (κ2) is 4.17. The minimum absolute atomic E-state index is 0.258. The molecule has 4 nitrogen and oxygen atoms in total. The van der Waals surface area contributed by atoms with Crippen molar-refractivity contribution in [3.63, 3.8) is 0 Å². The second-order valence-electron chi connectivity index (χ2n) is 3.61. The lowest BCUT2D eigenvalue weighted by Crippen LogP contribution is -2.20. The standard InChI is InChI=1S/C11H10O4S/c12-10(13)7-2-3-8-6(5-7)1-4-9(16-8)11(14)15/h2-3,5,9H,1,4H2,(H,12,13)(H,14,15). The van der Waals surface area contributed by atoms with Crippen molar-refractivity contribution in [1.82, 2.24) is 0 Å². The highest BCUT2D eigenvalue weighted by Crippen LogP contribution is 2.35. The van der Waals surface area contributed by atoms with Crippen LogP contribution in [0.25, 0.3) is 0 Å². The average molecular weight is 238 g/mol. The van der Waals surface area contributed by atoms with Gasteiger partial charge in [0.05, 0.1) is 5.56 Å². The van der Waals surface area contributed by atoms with Crippen LogP contribution >= 0.6 is 11.8 Å². The maximum Gasteiger partial charge on any atom is 0.335 e. The van der Waals surface area contributed by atoms with E-state index < -0.39 is 17.2 Å². The van der Waals surface area contributed by atoms with Crippen LogP contribution in [0.5, 0.6) is 0 Å². The predicted molar refractivity (Wildman–Crippen MR) is 59.0 cm³/mol. The van der Waals surface area contributed by atoms with Crippen LogP contribution in [0.1, 0.15) is 22.3 Å². The topological polar surface area (TPSA) is 74.6 Å². The van der Waals surface area contributed by atoms with Crippen LogP contribution in [-0.2, 0) is 11.2 Å². The highest BCUT2D eigenvalue weighted by molar-refractivity contribution is 8.00. The largest absolute Gasteiger partial charge is 0.480 e. The maximum absolute atomic E-state index is 10.8. The van der Waals surface area contributed by atoms with Gasteiger partial charge < -0.3 is 10.2 Å². The van der Waals surface area contributed by atoms with Crippen LogP contribution in [0.3, 0.4) is 0 Å². The van der Waals surface area contributed by atoms with Gasteiger partial charge in [0.15, 0.2) is 0 Å². The molecular formula is C11H10O4S. The Morgan fingerprint density at radius 3 is 2.69 bits per heavy atom. The summed E-state index contributed by atoms with van der Waals surface area (Å²) in [6.45, 7) is 0. The molecule has 0 spiro atoms. The van der Waals surface area contributed by atoms with Crippen molar-refractivity contribution in [1.29, 1.82) is 0 Å². The minimum atomic E-state index is -0.951. The molecular weight excluding hydrogens is 228 g/mol. The van der Waals surface area contributed by atoms with E-state index in [4.69, 9.17) is 10.2 Å². The van der Waals surface area contributed by atoms with E-state index >= 15 is 0 Å². The zero-order valence-corrected chi connectivity index (χ0v) is 9.16. The number of carboxylic acids is 2. The summed E-state index contributed by atoms with van der Waals surface area (Å²) in [4.78, 5) is 22.5. The molecule has 0 amide bonds. The van der Waals surface area contributed by atoms with Crippen molar-refractivity contribution in [3.05, 3.63) is 29.3 Å². The third-order valence-electron chi connectivity index (χ3n) is 2.53. The van der Waals surface area contributed by atoms with Gasteiger partial charge in [-0.1, -0.05) is 0 Å². The van der Waals surface area contributed by atoms with Crippen molar-refractivity contribution >= 4 is 23.7 Å². The quantitative estimate of drug-likeness (QED) is 0.822. The molecule has 2 rings (SSSR count). The van der Waals surface area contributed by atoms with Gasteiger partial charge in [-0.3, -0.25) is 4.79 Å². The first kappa shape index (κ1) is 11.0. The summed E-state index contributed by atoms with van der Waals surface area (Å²) in [7, 11) is 0. The molecule has 1 atom stereocenters. The smallest absolute Gasteiger partial charge is 0.335 e. The molecule has 5 heteroatoms. The van der Waals surface area contributed by atoms with E-state index in [1.54, 1.807) is 12.1 Å². The van der Waals surface area contributed by atoms with Gasteiger partial charge in [0, 0.05) is 4.90 Å². The van der Waals surface area contributed by atoms with Crippen molar-refractivity contribution in [2.24, 2.45) is 0 Å². The predicted octanol–water partition coefficient (Wildman–Crippen LogP) is 1.88. The summed E-state index contributed by atoms with van der Waals surface area (Å²) in [6.07, 6.45) is 1.18. The summed E-state index contributed by atoms with van der Waals surface area (Å²) in [5.74, 6) is -1.76. The number of hydrogen-bond donors (Lipinski definition) is 2. The van der Waals surface area contributed by atoms with Gasteiger partial charge in [-0.05, 0) is 36.6 Å². The Morgan fingerprint density at radius 1 is 1.31 bits per heavy atom. The monoisotopic (exact) mass is 238 g/mol. The molecule has 0 saturated heterocycles. The molecule has 0 aromatic heterocycles. The number of rotatable bonds is 2.